The number of aromatic amines is 1. The summed E-state index contributed by atoms with van der Waals surface area (Å²) in [5, 5.41) is 2.96. The summed E-state index contributed by atoms with van der Waals surface area (Å²) in [7, 11) is 1.34. The van der Waals surface area contributed by atoms with Crippen molar-refractivity contribution in [2.45, 2.75) is 38.6 Å². The van der Waals surface area contributed by atoms with Gasteiger partial charge in [-0.15, -0.1) is 0 Å². The highest BCUT2D eigenvalue weighted by Gasteiger charge is 2.33. The molecule has 0 unspecified atom stereocenters. The number of hydrogen-bond donors (Lipinski definition) is 1. The van der Waals surface area contributed by atoms with E-state index in [0.29, 0.717) is 5.56 Å². The molecule has 8 nitrogen and oxygen atoms in total. The maximum atomic E-state index is 13.1. The van der Waals surface area contributed by atoms with Gasteiger partial charge in [0, 0.05) is 12.6 Å². The number of carbonyl (C=O) groups is 1. The lowest BCUT2D eigenvalue weighted by Crippen LogP contribution is -2.40. The Morgan fingerprint density at radius 3 is 2.53 bits per heavy atom. The Balaban J connectivity index is 1.57. The number of benzene rings is 2. The molecule has 10 heteroatoms. The Morgan fingerprint density at radius 1 is 1.16 bits per heavy atom. The van der Waals surface area contributed by atoms with Crippen LogP contribution in [-0.2, 0) is 17.9 Å². The number of alkyl halides is 2. The molecule has 32 heavy (non-hydrogen) atoms. The summed E-state index contributed by atoms with van der Waals surface area (Å²) in [5.74, 6) is -0.315. The number of H-pyrrole nitrogens is 1. The summed E-state index contributed by atoms with van der Waals surface area (Å²) in [6.07, 6.45) is 1.64. The lowest BCUT2D eigenvalue weighted by Gasteiger charge is -2.23. The summed E-state index contributed by atoms with van der Waals surface area (Å²) in [6.45, 7) is -3.11. The van der Waals surface area contributed by atoms with E-state index in [1.54, 1.807) is 35.2 Å². The van der Waals surface area contributed by atoms with Crippen LogP contribution in [0.5, 0.6) is 11.5 Å². The lowest BCUT2D eigenvalue weighted by molar-refractivity contribution is -0.133. The molecule has 1 aliphatic carbocycles. The number of amides is 1. The standard InChI is InChI=1S/C22H21F2N3O5/c1-31-18-10-13(6-9-17(18)32-22(23)24)11-26(14-7-8-14)19(28)12-27-21(30)16-5-3-2-4-15(16)20(29)25-27/h2-6,9-10,14,22H,7-8,11-12H2,1H3,(H,25,29). The van der Waals surface area contributed by atoms with Crippen molar-refractivity contribution >= 4 is 16.7 Å². The second kappa shape index (κ2) is 8.81. The molecule has 1 saturated carbocycles. The minimum absolute atomic E-state index is 0.00775. The van der Waals surface area contributed by atoms with Crippen LogP contribution in [-0.4, -0.2) is 40.4 Å². The summed E-state index contributed by atoms with van der Waals surface area (Å²) >= 11 is 0. The maximum absolute atomic E-state index is 13.1. The zero-order chi connectivity index (χ0) is 22.8. The number of aromatic nitrogens is 2. The molecule has 0 atom stereocenters. The van der Waals surface area contributed by atoms with Crippen molar-refractivity contribution in [3.63, 3.8) is 0 Å². The van der Waals surface area contributed by atoms with Crippen molar-refractivity contribution in [2.75, 3.05) is 7.11 Å². The summed E-state index contributed by atoms with van der Waals surface area (Å²) in [6, 6.07) is 10.9. The molecule has 1 heterocycles. The topological polar surface area (TPSA) is 93.6 Å². The van der Waals surface area contributed by atoms with Crippen molar-refractivity contribution in [1.29, 1.82) is 0 Å². The normalized spacial score (nSPS) is 13.4. The third-order valence-corrected chi connectivity index (χ3v) is 5.28. The van der Waals surface area contributed by atoms with Gasteiger partial charge in [-0.25, -0.2) is 4.68 Å². The van der Waals surface area contributed by atoms with Crippen LogP contribution in [0.2, 0.25) is 0 Å². The molecular formula is C22H21F2N3O5. The molecule has 0 aliphatic heterocycles. The summed E-state index contributed by atoms with van der Waals surface area (Å²) in [4.78, 5) is 39.7. The first-order chi connectivity index (χ1) is 15.4. The predicted molar refractivity (Wildman–Crippen MR) is 112 cm³/mol. The van der Waals surface area contributed by atoms with Crippen LogP contribution < -0.4 is 20.6 Å². The number of carbonyl (C=O) groups excluding carboxylic acids is 1. The van der Waals surface area contributed by atoms with Gasteiger partial charge in [-0.05, 0) is 42.7 Å². The van der Waals surface area contributed by atoms with Crippen LogP contribution in [0.3, 0.4) is 0 Å². The predicted octanol–water partition coefficient (Wildman–Crippen LogP) is 2.49. The van der Waals surface area contributed by atoms with Crippen molar-refractivity contribution in [3.8, 4) is 11.5 Å². The van der Waals surface area contributed by atoms with Gasteiger partial charge in [0.1, 0.15) is 6.54 Å². The Kier molecular flexibility index (Phi) is 5.93. The van der Waals surface area contributed by atoms with E-state index in [1.165, 1.54) is 19.2 Å². The minimum atomic E-state index is -2.98. The molecule has 0 spiro atoms. The van der Waals surface area contributed by atoms with Gasteiger partial charge in [0.2, 0.25) is 5.91 Å². The molecule has 2 aromatic carbocycles. The molecule has 1 aliphatic rings. The molecule has 1 N–H and O–H groups in total. The molecule has 0 bridgehead atoms. The lowest BCUT2D eigenvalue weighted by atomic mass is 10.1. The smallest absolute Gasteiger partial charge is 0.387 e. The average molecular weight is 445 g/mol. The molecule has 4 rings (SSSR count). The number of methoxy groups -OCH3 is 1. The largest absolute Gasteiger partial charge is 0.493 e. The fourth-order valence-electron chi connectivity index (χ4n) is 3.59. The van der Waals surface area contributed by atoms with Crippen LogP contribution in [0.25, 0.3) is 10.8 Å². The number of fused-ring (bicyclic) bond motifs is 1. The zero-order valence-corrected chi connectivity index (χ0v) is 17.2. The Labute approximate surface area is 181 Å². The molecule has 168 valence electrons. The van der Waals surface area contributed by atoms with Crippen LogP contribution in [0.15, 0.2) is 52.1 Å². The molecule has 0 saturated heterocycles. The highest BCUT2D eigenvalue weighted by atomic mass is 19.3. The number of nitrogens with one attached hydrogen (secondary N) is 1. The van der Waals surface area contributed by atoms with E-state index in [1.807, 2.05) is 0 Å². The van der Waals surface area contributed by atoms with E-state index >= 15 is 0 Å². The minimum Gasteiger partial charge on any atom is -0.493 e. The number of ether oxygens (including phenoxy) is 2. The second-order valence-electron chi connectivity index (χ2n) is 7.49. The first kappa shape index (κ1) is 21.5. The van der Waals surface area contributed by atoms with E-state index in [4.69, 9.17) is 4.74 Å². The summed E-state index contributed by atoms with van der Waals surface area (Å²) < 4.78 is 35.7. The Morgan fingerprint density at radius 2 is 1.88 bits per heavy atom. The second-order valence-corrected chi connectivity index (χ2v) is 7.49. The van der Waals surface area contributed by atoms with Gasteiger partial charge in [-0.3, -0.25) is 19.5 Å². The van der Waals surface area contributed by atoms with Crippen LogP contribution >= 0.6 is 0 Å². The third-order valence-electron chi connectivity index (χ3n) is 5.28. The fraction of sp³-hybridized carbons (Fsp3) is 0.318. The van der Waals surface area contributed by atoms with Gasteiger partial charge < -0.3 is 14.4 Å². The van der Waals surface area contributed by atoms with E-state index in [-0.39, 0.29) is 47.3 Å². The van der Waals surface area contributed by atoms with E-state index < -0.39 is 17.7 Å². The quantitative estimate of drug-likeness (QED) is 0.575. The van der Waals surface area contributed by atoms with Gasteiger partial charge in [0.05, 0.1) is 17.9 Å². The SMILES string of the molecule is COc1cc(CN(C(=O)Cn2[nH]c(=O)c3ccccc3c2=O)C2CC2)ccc1OC(F)F. The fourth-order valence-corrected chi connectivity index (χ4v) is 3.59. The molecule has 1 amide bonds. The third kappa shape index (κ3) is 4.48. The average Bonchev–Trinajstić information content (AvgIpc) is 3.61. The monoisotopic (exact) mass is 445 g/mol. The van der Waals surface area contributed by atoms with Crippen molar-refractivity contribution in [3.05, 3.63) is 68.7 Å². The summed E-state index contributed by atoms with van der Waals surface area (Å²) in [5.41, 5.74) is -0.257. The van der Waals surface area contributed by atoms with Gasteiger partial charge in [-0.1, -0.05) is 18.2 Å². The molecule has 3 aromatic rings. The van der Waals surface area contributed by atoms with Crippen molar-refractivity contribution in [2.24, 2.45) is 0 Å². The van der Waals surface area contributed by atoms with Gasteiger partial charge in [-0.2, -0.15) is 8.78 Å². The van der Waals surface area contributed by atoms with Crippen LogP contribution in [0.4, 0.5) is 8.78 Å². The number of rotatable bonds is 8. The number of halogens is 2. The number of nitrogens with zero attached hydrogens (tertiary/aromatic N) is 2. The molecule has 0 radical (unpaired) electrons. The number of hydrogen-bond acceptors (Lipinski definition) is 5. The zero-order valence-electron chi connectivity index (χ0n) is 17.2. The molecule has 1 fully saturated rings. The molecular weight excluding hydrogens is 424 g/mol. The van der Waals surface area contributed by atoms with Gasteiger partial charge in [0.15, 0.2) is 11.5 Å². The first-order valence-corrected chi connectivity index (χ1v) is 10.0. The van der Waals surface area contributed by atoms with E-state index in [9.17, 15) is 23.2 Å². The molecule has 1 aromatic heterocycles. The van der Waals surface area contributed by atoms with Crippen LogP contribution in [0, 0.1) is 0 Å². The van der Waals surface area contributed by atoms with E-state index in [0.717, 1.165) is 17.5 Å². The van der Waals surface area contributed by atoms with Crippen molar-refractivity contribution < 1.29 is 23.0 Å². The van der Waals surface area contributed by atoms with Crippen LogP contribution in [0.1, 0.15) is 18.4 Å². The Hall–Kier alpha value is -3.69. The van der Waals surface area contributed by atoms with E-state index in [2.05, 4.69) is 9.84 Å². The van der Waals surface area contributed by atoms with Gasteiger partial charge in [0.25, 0.3) is 11.1 Å². The van der Waals surface area contributed by atoms with Gasteiger partial charge >= 0.3 is 6.61 Å². The Bertz CT molecular complexity index is 1270. The maximum Gasteiger partial charge on any atom is 0.387 e. The van der Waals surface area contributed by atoms with Crippen molar-refractivity contribution in [1.82, 2.24) is 14.7 Å². The highest BCUT2D eigenvalue weighted by molar-refractivity contribution is 5.81. The highest BCUT2D eigenvalue weighted by Crippen LogP contribution is 2.32. The first-order valence-electron chi connectivity index (χ1n) is 10.0.